The van der Waals surface area contributed by atoms with Crippen molar-refractivity contribution in [1.82, 2.24) is 4.31 Å². The van der Waals surface area contributed by atoms with Crippen LogP contribution in [-0.4, -0.2) is 31.7 Å². The highest BCUT2D eigenvalue weighted by molar-refractivity contribution is 7.89. The molecule has 0 radical (unpaired) electrons. The van der Waals surface area contributed by atoms with E-state index >= 15 is 0 Å². The molecule has 32 heavy (non-hydrogen) atoms. The van der Waals surface area contributed by atoms with Crippen LogP contribution in [0.4, 0.5) is 10.1 Å². The van der Waals surface area contributed by atoms with Crippen LogP contribution in [-0.2, 0) is 14.8 Å². The van der Waals surface area contributed by atoms with Crippen LogP contribution in [0.2, 0.25) is 0 Å². The number of sulfonamides is 1. The van der Waals surface area contributed by atoms with E-state index in [2.05, 4.69) is 5.32 Å². The molecule has 0 unspecified atom stereocenters. The van der Waals surface area contributed by atoms with Gasteiger partial charge in [-0.05, 0) is 83.3 Å². The first-order valence-electron chi connectivity index (χ1n) is 10.3. The Morgan fingerprint density at radius 2 is 1.66 bits per heavy atom. The molecule has 8 heteroatoms. The number of nitrogens with one attached hydrogen (secondary N) is 1. The average Bonchev–Trinajstić information content (AvgIpc) is 3.34. The van der Waals surface area contributed by atoms with Crippen molar-refractivity contribution in [2.24, 2.45) is 0 Å². The molecule has 0 atom stereocenters. The predicted octanol–water partition coefficient (Wildman–Crippen LogP) is 5.24. The van der Waals surface area contributed by atoms with E-state index in [1.807, 2.05) is 16.8 Å². The van der Waals surface area contributed by atoms with Gasteiger partial charge in [-0.25, -0.2) is 12.8 Å². The van der Waals surface area contributed by atoms with Gasteiger partial charge in [-0.3, -0.25) is 4.79 Å². The van der Waals surface area contributed by atoms with Crippen LogP contribution < -0.4 is 5.32 Å². The van der Waals surface area contributed by atoms with E-state index in [4.69, 9.17) is 0 Å². The molecule has 5 nitrogen and oxygen atoms in total. The fourth-order valence-electron chi connectivity index (χ4n) is 3.59. The summed E-state index contributed by atoms with van der Waals surface area (Å²) in [6.07, 6.45) is 4.50. The molecule has 0 spiro atoms. The molecule has 166 valence electrons. The number of carbonyl (C=O) groups is 1. The zero-order chi connectivity index (χ0) is 22.6. The van der Waals surface area contributed by atoms with Crippen LogP contribution in [0.5, 0.6) is 0 Å². The molecule has 4 rings (SSSR count). The summed E-state index contributed by atoms with van der Waals surface area (Å²) >= 11 is 1.47. The Kier molecular flexibility index (Phi) is 6.83. The molecule has 1 N–H and O–H groups in total. The van der Waals surface area contributed by atoms with Crippen LogP contribution in [0, 0.1) is 5.82 Å². The molecule has 1 saturated heterocycles. The summed E-state index contributed by atoms with van der Waals surface area (Å²) in [5.41, 5.74) is 2.38. The van der Waals surface area contributed by atoms with Crippen molar-refractivity contribution >= 4 is 44.6 Å². The van der Waals surface area contributed by atoms with Gasteiger partial charge in [0.25, 0.3) is 5.91 Å². The van der Waals surface area contributed by atoms with E-state index in [1.165, 1.54) is 39.9 Å². The highest BCUT2D eigenvalue weighted by Crippen LogP contribution is 2.25. The van der Waals surface area contributed by atoms with Crippen LogP contribution in [0.1, 0.15) is 30.4 Å². The minimum Gasteiger partial charge on any atom is -0.322 e. The highest BCUT2D eigenvalue weighted by atomic mass is 32.2. The van der Waals surface area contributed by atoms with Crippen molar-refractivity contribution in [3.05, 3.63) is 82.3 Å². The fraction of sp³-hybridized carbons (Fsp3) is 0.208. The molecule has 1 aliphatic heterocycles. The second-order valence-electron chi connectivity index (χ2n) is 7.56. The number of halogens is 1. The SMILES string of the molecule is O=C(Nc1ccc(S(=O)(=O)N2CCCCC2)cc1)/C(=C\c1ccc(F)cc1)c1ccsc1. The number of nitrogens with zero attached hydrogens (tertiary/aromatic N) is 1. The Bertz CT molecular complexity index is 1200. The van der Waals surface area contributed by atoms with Crippen LogP contribution in [0.15, 0.2) is 70.3 Å². The number of anilines is 1. The minimum atomic E-state index is -3.52. The largest absolute Gasteiger partial charge is 0.322 e. The van der Waals surface area contributed by atoms with Gasteiger partial charge in [0.2, 0.25) is 10.0 Å². The third kappa shape index (κ3) is 5.15. The molecule has 1 aromatic heterocycles. The molecule has 3 aromatic rings. The lowest BCUT2D eigenvalue weighted by molar-refractivity contribution is -0.111. The Balaban J connectivity index is 1.54. The first-order chi connectivity index (χ1) is 15.4. The van der Waals surface area contributed by atoms with E-state index in [0.717, 1.165) is 24.8 Å². The summed E-state index contributed by atoms with van der Waals surface area (Å²) in [7, 11) is -3.52. The number of thiophene rings is 1. The Labute approximate surface area is 191 Å². The smallest absolute Gasteiger partial charge is 0.256 e. The molecule has 0 saturated carbocycles. The van der Waals surface area contributed by atoms with Gasteiger partial charge in [0.15, 0.2) is 0 Å². The van der Waals surface area contributed by atoms with Gasteiger partial charge in [-0.1, -0.05) is 18.6 Å². The van der Waals surface area contributed by atoms with Crippen molar-refractivity contribution < 1.29 is 17.6 Å². The lowest BCUT2D eigenvalue weighted by atomic mass is 10.0. The zero-order valence-corrected chi connectivity index (χ0v) is 19.0. The first-order valence-corrected chi connectivity index (χ1v) is 12.7. The number of piperidine rings is 1. The van der Waals surface area contributed by atoms with Gasteiger partial charge >= 0.3 is 0 Å². The summed E-state index contributed by atoms with van der Waals surface area (Å²) < 4.78 is 40.4. The van der Waals surface area contributed by atoms with Crippen LogP contribution in [0.3, 0.4) is 0 Å². The molecule has 2 aromatic carbocycles. The third-order valence-electron chi connectivity index (χ3n) is 5.32. The molecule has 0 bridgehead atoms. The van der Waals surface area contributed by atoms with Gasteiger partial charge in [0.05, 0.1) is 4.90 Å². The Morgan fingerprint density at radius 1 is 0.969 bits per heavy atom. The number of amides is 1. The van der Waals surface area contributed by atoms with Gasteiger partial charge in [-0.2, -0.15) is 15.6 Å². The normalized spacial score (nSPS) is 15.5. The number of benzene rings is 2. The van der Waals surface area contributed by atoms with E-state index in [1.54, 1.807) is 30.3 Å². The van der Waals surface area contributed by atoms with E-state index in [9.17, 15) is 17.6 Å². The highest BCUT2D eigenvalue weighted by Gasteiger charge is 2.25. The average molecular weight is 471 g/mol. The molecule has 2 heterocycles. The topological polar surface area (TPSA) is 66.5 Å². The van der Waals surface area contributed by atoms with Crippen molar-refractivity contribution in [3.8, 4) is 0 Å². The van der Waals surface area contributed by atoms with Crippen LogP contribution in [0.25, 0.3) is 11.6 Å². The van der Waals surface area contributed by atoms with Crippen molar-refractivity contribution in [2.75, 3.05) is 18.4 Å². The second kappa shape index (κ2) is 9.77. The summed E-state index contributed by atoms with van der Waals surface area (Å²) in [5, 5.41) is 6.58. The lowest BCUT2D eigenvalue weighted by Crippen LogP contribution is -2.35. The molecule has 0 aliphatic carbocycles. The maximum atomic E-state index is 13.2. The number of hydrogen-bond acceptors (Lipinski definition) is 4. The zero-order valence-electron chi connectivity index (χ0n) is 17.3. The van der Waals surface area contributed by atoms with Gasteiger partial charge < -0.3 is 5.32 Å². The first kappa shape index (κ1) is 22.4. The summed E-state index contributed by atoms with van der Waals surface area (Å²) in [6, 6.07) is 14.0. The van der Waals surface area contributed by atoms with Gasteiger partial charge in [0.1, 0.15) is 5.82 Å². The predicted molar refractivity (Wildman–Crippen MR) is 126 cm³/mol. The Morgan fingerprint density at radius 3 is 2.28 bits per heavy atom. The quantitative estimate of drug-likeness (QED) is 0.501. The summed E-state index contributed by atoms with van der Waals surface area (Å²) in [6.45, 7) is 1.08. The maximum Gasteiger partial charge on any atom is 0.256 e. The molecule has 1 aliphatic rings. The molecule has 1 fully saturated rings. The molecule has 1 amide bonds. The fourth-order valence-corrected chi connectivity index (χ4v) is 5.76. The van der Waals surface area contributed by atoms with Crippen molar-refractivity contribution in [3.63, 3.8) is 0 Å². The Hall–Kier alpha value is -2.81. The van der Waals surface area contributed by atoms with Gasteiger partial charge in [0, 0.05) is 24.4 Å². The van der Waals surface area contributed by atoms with Crippen molar-refractivity contribution in [2.45, 2.75) is 24.2 Å². The van der Waals surface area contributed by atoms with Gasteiger partial charge in [-0.15, -0.1) is 0 Å². The summed E-state index contributed by atoms with van der Waals surface area (Å²) in [5.74, 6) is -0.678. The number of rotatable bonds is 6. The molecular weight excluding hydrogens is 447 g/mol. The van der Waals surface area contributed by atoms with E-state index < -0.39 is 10.0 Å². The maximum absolute atomic E-state index is 13.2. The minimum absolute atomic E-state index is 0.220. The number of hydrogen-bond donors (Lipinski definition) is 1. The monoisotopic (exact) mass is 470 g/mol. The number of carbonyl (C=O) groups excluding carboxylic acids is 1. The second-order valence-corrected chi connectivity index (χ2v) is 10.3. The van der Waals surface area contributed by atoms with E-state index in [-0.39, 0.29) is 16.6 Å². The lowest BCUT2D eigenvalue weighted by Gasteiger charge is -2.25. The molecular formula is C24H23FN2O3S2. The van der Waals surface area contributed by atoms with Crippen molar-refractivity contribution in [1.29, 1.82) is 0 Å². The standard InChI is InChI=1S/C24H23FN2O3S2/c25-20-6-4-18(5-7-20)16-23(19-12-15-31-17-19)24(28)26-21-8-10-22(11-9-21)32(29,30)27-13-2-1-3-14-27/h4-12,15-17H,1-3,13-14H2,(H,26,28)/b23-16-. The summed E-state index contributed by atoms with van der Waals surface area (Å²) in [4.78, 5) is 13.3. The van der Waals surface area contributed by atoms with Crippen LogP contribution >= 0.6 is 11.3 Å². The van der Waals surface area contributed by atoms with E-state index in [0.29, 0.717) is 29.9 Å². The third-order valence-corrected chi connectivity index (χ3v) is 7.92.